The van der Waals surface area contributed by atoms with Crippen LogP contribution in [-0.2, 0) is 9.53 Å². The summed E-state index contributed by atoms with van der Waals surface area (Å²) in [6.45, 7) is 9.56. The minimum Gasteiger partial charge on any atom is -0.465 e. The maximum Gasteiger partial charge on any atom is 0.325 e. The van der Waals surface area contributed by atoms with E-state index >= 15 is 0 Å². The number of hydrogen-bond acceptors (Lipinski definition) is 4. The molecule has 1 saturated heterocycles. The lowest BCUT2D eigenvalue weighted by Crippen LogP contribution is -2.17. The van der Waals surface area contributed by atoms with Crippen LogP contribution in [-0.4, -0.2) is 34.2 Å². The Kier molecular flexibility index (Phi) is 3.24. The maximum absolute atomic E-state index is 11.2. The molecule has 3 nitrogen and oxygen atoms in total. The van der Waals surface area contributed by atoms with E-state index in [1.807, 2.05) is 6.92 Å². The molecule has 4 heteroatoms. The number of rotatable bonds is 3. The minimum atomic E-state index is -0.0840. The molecular weight excluding hydrogens is 186 g/mol. The zero-order valence-corrected chi connectivity index (χ0v) is 9.48. The fourth-order valence-electron chi connectivity index (χ4n) is 1.01. The summed E-state index contributed by atoms with van der Waals surface area (Å²) in [6.07, 6.45) is 0. The van der Waals surface area contributed by atoms with Crippen LogP contribution in [0.25, 0.3) is 0 Å². The summed E-state index contributed by atoms with van der Waals surface area (Å²) in [5.74, 6) is -0.0840. The topological polar surface area (TPSA) is 29.3 Å². The van der Waals surface area contributed by atoms with E-state index in [9.17, 15) is 4.79 Å². The molecule has 1 unspecified atom stereocenters. The van der Waals surface area contributed by atoms with E-state index in [1.165, 1.54) is 0 Å². The van der Waals surface area contributed by atoms with Gasteiger partial charge in [-0.1, -0.05) is 11.9 Å². The first-order valence-electron chi connectivity index (χ1n) is 4.56. The monoisotopic (exact) mass is 203 g/mol. The lowest BCUT2D eigenvalue weighted by molar-refractivity contribution is -0.142. The van der Waals surface area contributed by atoms with Crippen LogP contribution < -0.4 is 0 Å². The third kappa shape index (κ3) is 3.56. The van der Waals surface area contributed by atoms with Crippen molar-refractivity contribution in [2.45, 2.75) is 38.5 Å². The van der Waals surface area contributed by atoms with Crippen molar-refractivity contribution in [2.24, 2.45) is 0 Å². The van der Waals surface area contributed by atoms with Gasteiger partial charge in [0, 0.05) is 11.3 Å². The van der Waals surface area contributed by atoms with Crippen molar-refractivity contribution in [3.63, 3.8) is 0 Å². The van der Waals surface area contributed by atoms with Crippen LogP contribution >= 0.6 is 11.9 Å². The second-order valence-electron chi connectivity index (χ2n) is 4.07. The van der Waals surface area contributed by atoms with Crippen LogP contribution in [0.3, 0.4) is 0 Å². The van der Waals surface area contributed by atoms with E-state index in [0.717, 1.165) is 6.54 Å². The molecule has 1 aliphatic rings. The average Bonchev–Trinajstić information content (AvgIpc) is 2.64. The molecule has 0 N–H and O–H groups in total. The Bertz CT molecular complexity index is 200. The largest absolute Gasteiger partial charge is 0.465 e. The van der Waals surface area contributed by atoms with Crippen molar-refractivity contribution >= 4 is 17.9 Å². The Morgan fingerprint density at radius 1 is 1.62 bits per heavy atom. The number of hydrogen-bond donors (Lipinski definition) is 0. The normalized spacial score (nSPS) is 27.1. The van der Waals surface area contributed by atoms with E-state index in [0.29, 0.717) is 6.61 Å². The molecule has 0 aromatic heterocycles. The molecule has 1 heterocycles. The highest BCUT2D eigenvalue weighted by Crippen LogP contribution is 2.37. The van der Waals surface area contributed by atoms with Crippen molar-refractivity contribution < 1.29 is 9.53 Å². The van der Waals surface area contributed by atoms with E-state index in [4.69, 9.17) is 4.74 Å². The lowest BCUT2D eigenvalue weighted by atomic mass is 10.3. The molecule has 0 spiro atoms. The van der Waals surface area contributed by atoms with Crippen LogP contribution in [0.2, 0.25) is 0 Å². The summed E-state index contributed by atoms with van der Waals surface area (Å²) in [5, 5.41) is 0. The molecule has 0 saturated carbocycles. The molecule has 0 aromatic rings. The molecule has 0 aromatic carbocycles. The quantitative estimate of drug-likeness (QED) is 0.396. The molecule has 1 fully saturated rings. The number of nitrogens with zero attached hydrogens (tertiary/aromatic N) is 1. The molecule has 0 radical (unpaired) electrons. The fraction of sp³-hybridized carbons (Fsp3) is 0.889. The van der Waals surface area contributed by atoms with Crippen LogP contribution in [0.15, 0.2) is 0 Å². The first-order chi connectivity index (χ1) is 5.94. The highest BCUT2D eigenvalue weighted by molar-refractivity contribution is 7.98. The van der Waals surface area contributed by atoms with Crippen molar-refractivity contribution in [1.29, 1.82) is 0 Å². The molecule has 13 heavy (non-hydrogen) atoms. The average molecular weight is 203 g/mol. The van der Waals surface area contributed by atoms with Crippen LogP contribution in [0.4, 0.5) is 0 Å². The van der Waals surface area contributed by atoms with Crippen LogP contribution in [0.5, 0.6) is 0 Å². The molecule has 0 amide bonds. The van der Waals surface area contributed by atoms with Crippen molar-refractivity contribution in [3.8, 4) is 0 Å². The Hall–Kier alpha value is -0.220. The van der Waals surface area contributed by atoms with Gasteiger partial charge < -0.3 is 4.74 Å². The second-order valence-corrected chi connectivity index (χ2v) is 5.95. The van der Waals surface area contributed by atoms with E-state index < -0.39 is 0 Å². The van der Waals surface area contributed by atoms with Crippen molar-refractivity contribution in [2.75, 3.05) is 13.2 Å². The van der Waals surface area contributed by atoms with Crippen LogP contribution in [0, 0.1) is 0 Å². The molecule has 0 aliphatic carbocycles. The summed E-state index contributed by atoms with van der Waals surface area (Å²) < 4.78 is 7.17. The summed E-state index contributed by atoms with van der Waals surface area (Å²) >= 11 is 1.72. The molecule has 1 rings (SSSR count). The summed E-state index contributed by atoms with van der Waals surface area (Å²) in [7, 11) is 0. The predicted octanol–water partition coefficient (Wildman–Crippen LogP) is 1.68. The highest BCUT2D eigenvalue weighted by Gasteiger charge is 2.44. The van der Waals surface area contributed by atoms with Crippen LogP contribution in [0.1, 0.15) is 27.7 Å². The number of carbonyl (C=O) groups is 1. The first kappa shape index (κ1) is 10.9. The van der Waals surface area contributed by atoms with Gasteiger partial charge in [0.05, 0.1) is 6.61 Å². The van der Waals surface area contributed by atoms with Gasteiger partial charge >= 0.3 is 5.97 Å². The van der Waals surface area contributed by atoms with Gasteiger partial charge in [0.2, 0.25) is 0 Å². The van der Waals surface area contributed by atoms with Gasteiger partial charge in [-0.2, -0.15) is 0 Å². The molecule has 1 aliphatic heterocycles. The van der Waals surface area contributed by atoms with Gasteiger partial charge in [-0.05, 0) is 27.7 Å². The number of carbonyl (C=O) groups excluding carboxylic acids is 1. The smallest absolute Gasteiger partial charge is 0.325 e. The SMILES string of the molecule is CCOC(=O)[C@H]1CN1SC(C)(C)C. The second kappa shape index (κ2) is 3.88. The summed E-state index contributed by atoms with van der Waals surface area (Å²) in [5.41, 5.74) is 0. The Morgan fingerprint density at radius 2 is 2.23 bits per heavy atom. The first-order valence-corrected chi connectivity index (χ1v) is 5.34. The van der Waals surface area contributed by atoms with Gasteiger partial charge in [-0.3, -0.25) is 4.79 Å². The predicted molar refractivity (Wildman–Crippen MR) is 54.5 cm³/mol. The van der Waals surface area contributed by atoms with Gasteiger partial charge in [0.1, 0.15) is 6.04 Å². The minimum absolute atomic E-state index is 0.00387. The molecule has 0 bridgehead atoms. The lowest BCUT2D eigenvalue weighted by Gasteiger charge is -2.17. The maximum atomic E-state index is 11.2. The van der Waals surface area contributed by atoms with E-state index in [-0.39, 0.29) is 16.8 Å². The summed E-state index contributed by atoms with van der Waals surface area (Å²) in [6, 6.07) is 0.00387. The van der Waals surface area contributed by atoms with Crippen molar-refractivity contribution in [1.82, 2.24) is 4.31 Å². The Labute approximate surface area is 83.9 Å². The summed E-state index contributed by atoms with van der Waals surface area (Å²) in [4.78, 5) is 11.2. The standard InChI is InChI=1S/C9H17NO2S/c1-5-12-8(11)7-6-10(7)13-9(2,3)4/h7H,5-6H2,1-4H3/t7-,10?/m1/s1. The molecule has 76 valence electrons. The zero-order valence-electron chi connectivity index (χ0n) is 8.66. The zero-order chi connectivity index (χ0) is 10.1. The van der Waals surface area contributed by atoms with E-state index in [1.54, 1.807) is 11.9 Å². The van der Waals surface area contributed by atoms with Gasteiger partial charge in [-0.25, -0.2) is 4.31 Å². The number of ether oxygens (including phenoxy) is 1. The van der Waals surface area contributed by atoms with Crippen molar-refractivity contribution in [3.05, 3.63) is 0 Å². The Balaban J connectivity index is 2.26. The number of esters is 1. The molecule has 2 atom stereocenters. The Morgan fingerprint density at radius 3 is 2.69 bits per heavy atom. The highest BCUT2D eigenvalue weighted by atomic mass is 32.2. The third-order valence-corrected chi connectivity index (χ3v) is 2.70. The van der Waals surface area contributed by atoms with Gasteiger partial charge in [0.15, 0.2) is 0 Å². The fourth-order valence-corrected chi connectivity index (χ4v) is 2.14. The van der Waals surface area contributed by atoms with E-state index in [2.05, 4.69) is 25.1 Å². The third-order valence-electron chi connectivity index (χ3n) is 1.52. The van der Waals surface area contributed by atoms with Gasteiger partial charge in [0.25, 0.3) is 0 Å². The molecular formula is C9H17NO2S. The van der Waals surface area contributed by atoms with Gasteiger partial charge in [-0.15, -0.1) is 0 Å².